The summed E-state index contributed by atoms with van der Waals surface area (Å²) in [5.74, 6) is 0.208. The van der Waals surface area contributed by atoms with E-state index in [1.54, 1.807) is 19.1 Å². The summed E-state index contributed by atoms with van der Waals surface area (Å²) in [6.07, 6.45) is 3.45. The van der Waals surface area contributed by atoms with Gasteiger partial charge in [0.15, 0.2) is 5.78 Å². The number of nitrogen functional groups attached to an aromatic ring is 1. The van der Waals surface area contributed by atoms with Crippen molar-refractivity contribution in [3.8, 4) is 0 Å². The highest BCUT2D eigenvalue weighted by molar-refractivity contribution is 5.95. The number of benzene rings is 2. The van der Waals surface area contributed by atoms with Gasteiger partial charge >= 0.3 is 0 Å². The Balaban J connectivity index is 1.47. The molecular weight excluding hydrogens is 390 g/mol. The Labute approximate surface area is 183 Å². The Morgan fingerprint density at radius 1 is 1.16 bits per heavy atom. The summed E-state index contributed by atoms with van der Waals surface area (Å²) in [7, 11) is 0. The molecule has 164 valence electrons. The summed E-state index contributed by atoms with van der Waals surface area (Å²) in [6, 6.07) is 14.7. The Kier molecular flexibility index (Phi) is 7.58. The molecule has 0 spiro atoms. The molecule has 1 aliphatic carbocycles. The lowest BCUT2D eigenvalue weighted by atomic mass is 9.94. The minimum absolute atomic E-state index is 0.00851. The van der Waals surface area contributed by atoms with Crippen LogP contribution in [0.3, 0.4) is 0 Å². The van der Waals surface area contributed by atoms with Crippen LogP contribution in [0.5, 0.6) is 0 Å². The molecule has 5 N–H and O–H groups in total. The van der Waals surface area contributed by atoms with Crippen molar-refractivity contribution in [3.63, 3.8) is 0 Å². The van der Waals surface area contributed by atoms with E-state index in [1.165, 1.54) is 5.56 Å². The van der Waals surface area contributed by atoms with Crippen molar-refractivity contribution in [1.29, 1.82) is 5.41 Å². The minimum Gasteiger partial charge on any atom is -0.392 e. The van der Waals surface area contributed by atoms with Crippen molar-refractivity contribution >= 4 is 17.5 Å². The molecule has 1 fully saturated rings. The Morgan fingerprint density at radius 2 is 1.90 bits per heavy atom. The number of hydrogen-bond acceptors (Lipinski definition) is 4. The number of ketones is 1. The second kappa shape index (κ2) is 10.4. The Hall–Kier alpha value is -2.99. The van der Waals surface area contributed by atoms with Gasteiger partial charge in [0.2, 0.25) is 5.91 Å². The molecule has 1 amide bonds. The molecule has 6 heteroatoms. The van der Waals surface area contributed by atoms with Crippen LogP contribution in [0.2, 0.25) is 0 Å². The maximum absolute atomic E-state index is 12.7. The zero-order chi connectivity index (χ0) is 22.4. The van der Waals surface area contributed by atoms with Gasteiger partial charge in [-0.2, -0.15) is 0 Å². The lowest BCUT2D eigenvalue weighted by molar-refractivity contribution is -0.129. The second-order valence-electron chi connectivity index (χ2n) is 8.42. The molecule has 0 heterocycles. The van der Waals surface area contributed by atoms with Crippen LogP contribution in [-0.4, -0.2) is 28.7 Å². The number of rotatable bonds is 9. The molecule has 3 atom stereocenters. The van der Waals surface area contributed by atoms with E-state index in [9.17, 15) is 14.7 Å². The second-order valence-corrected chi connectivity index (χ2v) is 8.42. The van der Waals surface area contributed by atoms with Crippen LogP contribution in [0.4, 0.5) is 0 Å². The molecule has 0 saturated heterocycles. The van der Waals surface area contributed by atoms with Crippen LogP contribution < -0.4 is 11.1 Å². The van der Waals surface area contributed by atoms with Crippen LogP contribution in [-0.2, 0) is 22.6 Å². The van der Waals surface area contributed by atoms with Crippen molar-refractivity contribution in [2.24, 2.45) is 11.7 Å². The zero-order valence-electron chi connectivity index (χ0n) is 17.9. The summed E-state index contributed by atoms with van der Waals surface area (Å²) < 4.78 is 0. The maximum atomic E-state index is 12.7. The van der Waals surface area contributed by atoms with Gasteiger partial charge in [-0.1, -0.05) is 48.5 Å². The number of Topliss-reactive ketones (excluding diaryl/α,β-unsaturated/α-hetero) is 1. The van der Waals surface area contributed by atoms with E-state index >= 15 is 0 Å². The number of amidine groups is 1. The van der Waals surface area contributed by atoms with E-state index in [2.05, 4.69) is 11.4 Å². The summed E-state index contributed by atoms with van der Waals surface area (Å²) in [6.45, 7) is 1.77. The highest BCUT2D eigenvalue weighted by atomic mass is 16.3. The summed E-state index contributed by atoms with van der Waals surface area (Å²) in [5, 5.41) is 19.7. The SMILES string of the molecule is C[C@H](NC(=O)[C@@H]1CC[C@@H](c2cccc(CO)c2)C1)C(=O)CCc1ccc(C(=N)N)cc1. The number of nitrogens with two attached hydrogens (primary N) is 1. The highest BCUT2D eigenvalue weighted by Crippen LogP contribution is 2.38. The van der Waals surface area contributed by atoms with Crippen molar-refractivity contribution < 1.29 is 14.7 Å². The fourth-order valence-electron chi connectivity index (χ4n) is 4.21. The number of nitrogens with one attached hydrogen (secondary N) is 2. The van der Waals surface area contributed by atoms with Crippen LogP contribution >= 0.6 is 0 Å². The number of carbonyl (C=O) groups excluding carboxylic acids is 2. The van der Waals surface area contributed by atoms with Crippen molar-refractivity contribution in [3.05, 3.63) is 70.8 Å². The quantitative estimate of drug-likeness (QED) is 0.368. The fourth-order valence-corrected chi connectivity index (χ4v) is 4.21. The number of carbonyl (C=O) groups is 2. The first-order valence-electron chi connectivity index (χ1n) is 10.8. The first kappa shape index (κ1) is 22.7. The lowest BCUT2D eigenvalue weighted by Gasteiger charge is -2.17. The predicted molar refractivity (Wildman–Crippen MR) is 121 cm³/mol. The van der Waals surface area contributed by atoms with Gasteiger partial charge in [0, 0.05) is 17.9 Å². The van der Waals surface area contributed by atoms with Gasteiger partial charge in [-0.3, -0.25) is 15.0 Å². The first-order chi connectivity index (χ1) is 14.9. The highest BCUT2D eigenvalue weighted by Gasteiger charge is 2.32. The standard InChI is InChI=1S/C25H31N3O3/c1-16(23(30)12-7-17-5-8-19(9-6-17)24(26)27)28-25(31)22-11-10-21(14-22)20-4-2-3-18(13-20)15-29/h2-6,8-9,13,16,21-22,29H,7,10-12,14-15H2,1H3,(H3,26,27)(H,28,31)/t16-,21+,22+/m0/s1. The Morgan fingerprint density at radius 3 is 2.58 bits per heavy atom. The van der Waals surface area contributed by atoms with Gasteiger partial charge in [-0.05, 0) is 55.2 Å². The predicted octanol–water partition coefficient (Wildman–Crippen LogP) is 3.05. The molecule has 0 unspecified atom stereocenters. The summed E-state index contributed by atoms with van der Waals surface area (Å²) in [5.41, 5.74) is 9.18. The first-order valence-corrected chi connectivity index (χ1v) is 10.8. The molecule has 0 bridgehead atoms. The monoisotopic (exact) mass is 421 g/mol. The van der Waals surface area contributed by atoms with E-state index in [4.69, 9.17) is 11.1 Å². The smallest absolute Gasteiger partial charge is 0.223 e. The fraction of sp³-hybridized carbons (Fsp3) is 0.400. The largest absolute Gasteiger partial charge is 0.392 e. The van der Waals surface area contributed by atoms with Gasteiger partial charge in [0.1, 0.15) is 5.84 Å². The molecule has 6 nitrogen and oxygen atoms in total. The molecular formula is C25H31N3O3. The third kappa shape index (κ3) is 6.01. The van der Waals surface area contributed by atoms with Crippen molar-refractivity contribution in [2.45, 2.75) is 57.6 Å². The minimum atomic E-state index is -0.513. The number of hydrogen-bond donors (Lipinski definition) is 4. The van der Waals surface area contributed by atoms with E-state index in [0.29, 0.717) is 24.3 Å². The van der Waals surface area contributed by atoms with Crippen LogP contribution in [0.25, 0.3) is 0 Å². The molecule has 0 radical (unpaired) electrons. The summed E-state index contributed by atoms with van der Waals surface area (Å²) in [4.78, 5) is 25.2. The van der Waals surface area contributed by atoms with E-state index < -0.39 is 6.04 Å². The van der Waals surface area contributed by atoms with E-state index in [-0.39, 0.29) is 30.1 Å². The van der Waals surface area contributed by atoms with Crippen molar-refractivity contribution in [2.75, 3.05) is 0 Å². The number of aryl methyl sites for hydroxylation is 1. The molecule has 2 aromatic rings. The molecule has 0 aliphatic heterocycles. The lowest BCUT2D eigenvalue weighted by Crippen LogP contribution is -2.41. The number of amides is 1. The topological polar surface area (TPSA) is 116 Å². The molecule has 1 saturated carbocycles. The van der Waals surface area contributed by atoms with E-state index in [1.807, 2.05) is 30.3 Å². The third-order valence-corrected chi connectivity index (χ3v) is 6.18. The normalized spacial score (nSPS) is 19.0. The molecule has 31 heavy (non-hydrogen) atoms. The van der Waals surface area contributed by atoms with E-state index in [0.717, 1.165) is 30.4 Å². The summed E-state index contributed by atoms with van der Waals surface area (Å²) >= 11 is 0. The van der Waals surface area contributed by atoms with Gasteiger partial charge in [0.25, 0.3) is 0 Å². The van der Waals surface area contributed by atoms with Gasteiger partial charge < -0.3 is 16.2 Å². The van der Waals surface area contributed by atoms with Gasteiger partial charge in [0.05, 0.1) is 12.6 Å². The Bertz CT molecular complexity index is 939. The molecule has 1 aliphatic rings. The van der Waals surface area contributed by atoms with Gasteiger partial charge in [-0.25, -0.2) is 0 Å². The average molecular weight is 422 g/mol. The average Bonchev–Trinajstić information content (AvgIpc) is 3.28. The van der Waals surface area contributed by atoms with Crippen molar-refractivity contribution in [1.82, 2.24) is 5.32 Å². The van der Waals surface area contributed by atoms with Gasteiger partial charge in [-0.15, -0.1) is 0 Å². The molecule has 0 aromatic heterocycles. The number of aliphatic hydroxyl groups excluding tert-OH is 1. The van der Waals surface area contributed by atoms with Crippen LogP contribution in [0.1, 0.15) is 60.8 Å². The third-order valence-electron chi connectivity index (χ3n) is 6.18. The van der Waals surface area contributed by atoms with Crippen LogP contribution in [0, 0.1) is 11.3 Å². The zero-order valence-corrected chi connectivity index (χ0v) is 17.9. The maximum Gasteiger partial charge on any atom is 0.223 e. The number of aliphatic hydroxyl groups is 1. The van der Waals surface area contributed by atoms with Crippen LogP contribution in [0.15, 0.2) is 48.5 Å². The molecule has 3 rings (SSSR count). The molecule has 2 aromatic carbocycles.